The summed E-state index contributed by atoms with van der Waals surface area (Å²) >= 11 is 0. The number of amides is 2. The minimum absolute atomic E-state index is 0.0447. The highest BCUT2D eigenvalue weighted by Gasteiger charge is 2.35. The fourth-order valence-electron chi connectivity index (χ4n) is 2.66. The normalized spacial score (nSPS) is 17.0. The highest BCUT2D eigenvalue weighted by atomic mass is 16.5. The van der Waals surface area contributed by atoms with Gasteiger partial charge in [0, 0.05) is 32.7 Å². The topological polar surface area (TPSA) is 91.6 Å². The summed E-state index contributed by atoms with van der Waals surface area (Å²) in [6.45, 7) is 2.51. The number of nitrogens with zero attached hydrogens (tertiary/aromatic N) is 4. The lowest BCUT2D eigenvalue weighted by molar-refractivity contribution is -0.126. The van der Waals surface area contributed by atoms with Crippen molar-refractivity contribution in [3.05, 3.63) is 35.7 Å². The van der Waals surface area contributed by atoms with Crippen LogP contribution in [0.5, 0.6) is 0 Å². The summed E-state index contributed by atoms with van der Waals surface area (Å²) in [4.78, 5) is 32.1. The van der Waals surface area contributed by atoms with Gasteiger partial charge in [0.05, 0.1) is 12.5 Å². The van der Waals surface area contributed by atoms with Gasteiger partial charge in [-0.05, 0) is 24.2 Å². The first-order chi connectivity index (χ1) is 11.9. The number of hydrogen-bond acceptors (Lipinski definition) is 6. The Bertz CT molecular complexity index is 769. The predicted molar refractivity (Wildman–Crippen MR) is 92.1 cm³/mol. The molecule has 0 radical (unpaired) electrons. The zero-order chi connectivity index (χ0) is 18.0. The molecule has 1 aromatic heterocycles. The molecule has 132 valence electrons. The van der Waals surface area contributed by atoms with Gasteiger partial charge >= 0.3 is 0 Å². The maximum Gasteiger partial charge on any atom is 0.265 e. The van der Waals surface area contributed by atoms with Crippen molar-refractivity contribution < 1.29 is 14.1 Å². The zero-order valence-electron chi connectivity index (χ0n) is 14.5. The average Bonchev–Trinajstić information content (AvgIpc) is 3.20. The number of aryl methyl sites for hydroxylation is 1. The fourth-order valence-corrected chi connectivity index (χ4v) is 2.66. The van der Waals surface area contributed by atoms with Gasteiger partial charge in [-0.15, -0.1) is 0 Å². The Morgan fingerprint density at radius 2 is 2.08 bits per heavy atom. The molecule has 0 aliphatic carbocycles. The molecule has 0 bridgehead atoms. The van der Waals surface area contributed by atoms with Crippen LogP contribution in [0, 0.1) is 12.8 Å². The van der Waals surface area contributed by atoms with Crippen molar-refractivity contribution in [2.45, 2.75) is 19.9 Å². The quantitative estimate of drug-likeness (QED) is 0.874. The minimum atomic E-state index is -0.384. The van der Waals surface area contributed by atoms with E-state index in [0.29, 0.717) is 18.4 Å². The molecule has 0 spiro atoms. The summed E-state index contributed by atoms with van der Waals surface area (Å²) < 4.78 is 5.07. The number of nitrogens with one attached hydrogen (secondary N) is 1. The van der Waals surface area contributed by atoms with Gasteiger partial charge in [0.2, 0.25) is 17.7 Å². The molecule has 2 amide bonds. The highest BCUT2D eigenvalue weighted by molar-refractivity contribution is 6.00. The molecule has 1 aromatic carbocycles. The van der Waals surface area contributed by atoms with E-state index in [4.69, 9.17) is 4.52 Å². The Morgan fingerprint density at radius 3 is 2.72 bits per heavy atom. The number of carbonyl (C=O) groups is 2. The molecule has 3 rings (SSSR count). The summed E-state index contributed by atoms with van der Waals surface area (Å²) in [6, 6.07) is 7.70. The summed E-state index contributed by atoms with van der Waals surface area (Å²) in [5.41, 5.74) is 1.94. The molecule has 1 atom stereocenters. The first-order valence-electron chi connectivity index (χ1n) is 8.08. The van der Waals surface area contributed by atoms with E-state index in [-0.39, 0.29) is 30.7 Å². The van der Waals surface area contributed by atoms with Gasteiger partial charge in [-0.1, -0.05) is 17.7 Å². The summed E-state index contributed by atoms with van der Waals surface area (Å²) in [5.74, 6) is 0.164. The Hall–Kier alpha value is -2.90. The number of rotatable bonds is 5. The summed E-state index contributed by atoms with van der Waals surface area (Å²) in [6.07, 6.45) is 0.201. The van der Waals surface area contributed by atoms with Crippen molar-refractivity contribution in [2.24, 2.45) is 5.92 Å². The van der Waals surface area contributed by atoms with Gasteiger partial charge in [0.1, 0.15) is 0 Å². The first kappa shape index (κ1) is 16.9. The summed E-state index contributed by atoms with van der Waals surface area (Å²) in [7, 11) is 3.61. The fraction of sp³-hybridized carbons (Fsp3) is 0.412. The van der Waals surface area contributed by atoms with Crippen LogP contribution in [0.1, 0.15) is 17.9 Å². The molecule has 1 N–H and O–H groups in total. The van der Waals surface area contributed by atoms with E-state index in [2.05, 4.69) is 15.5 Å². The van der Waals surface area contributed by atoms with Gasteiger partial charge in [0.15, 0.2) is 0 Å². The van der Waals surface area contributed by atoms with Crippen LogP contribution in [0.25, 0.3) is 0 Å². The lowest BCUT2D eigenvalue weighted by Gasteiger charge is -2.16. The molecule has 1 aliphatic heterocycles. The van der Waals surface area contributed by atoms with Crippen molar-refractivity contribution in [3.8, 4) is 0 Å². The van der Waals surface area contributed by atoms with E-state index in [9.17, 15) is 9.59 Å². The van der Waals surface area contributed by atoms with E-state index in [1.165, 1.54) is 0 Å². The first-order valence-corrected chi connectivity index (χ1v) is 8.08. The molecule has 1 aliphatic rings. The molecule has 0 unspecified atom stereocenters. The number of carbonyl (C=O) groups excluding carboxylic acids is 2. The third-order valence-corrected chi connectivity index (χ3v) is 4.11. The van der Waals surface area contributed by atoms with Crippen LogP contribution in [0.2, 0.25) is 0 Å². The molecule has 25 heavy (non-hydrogen) atoms. The number of hydrogen-bond donors (Lipinski definition) is 1. The summed E-state index contributed by atoms with van der Waals surface area (Å²) in [5, 5.41) is 6.55. The SMILES string of the molecule is Cc1ccc(N2C[C@@H](C(=O)NCc3nc(N(C)C)no3)CC2=O)cc1. The Balaban J connectivity index is 1.57. The lowest BCUT2D eigenvalue weighted by atomic mass is 10.1. The van der Waals surface area contributed by atoms with Gasteiger partial charge in [0.25, 0.3) is 5.95 Å². The van der Waals surface area contributed by atoms with Crippen LogP contribution in [0.4, 0.5) is 11.6 Å². The van der Waals surface area contributed by atoms with E-state index in [0.717, 1.165) is 11.3 Å². The van der Waals surface area contributed by atoms with Gasteiger partial charge in [-0.2, -0.15) is 4.98 Å². The highest BCUT2D eigenvalue weighted by Crippen LogP contribution is 2.25. The Kier molecular flexibility index (Phi) is 4.69. The number of benzene rings is 1. The molecule has 2 aromatic rings. The van der Waals surface area contributed by atoms with E-state index in [1.807, 2.05) is 31.2 Å². The largest absolute Gasteiger partial charge is 0.347 e. The lowest BCUT2D eigenvalue weighted by Crippen LogP contribution is -2.32. The molecule has 0 saturated carbocycles. The molecule has 1 fully saturated rings. The van der Waals surface area contributed by atoms with Crippen molar-refractivity contribution in [2.75, 3.05) is 30.4 Å². The van der Waals surface area contributed by atoms with E-state index < -0.39 is 0 Å². The second kappa shape index (κ2) is 6.92. The van der Waals surface area contributed by atoms with E-state index in [1.54, 1.807) is 23.9 Å². The third kappa shape index (κ3) is 3.78. The molecule has 2 heterocycles. The van der Waals surface area contributed by atoms with Gasteiger partial charge in [-0.3, -0.25) is 9.59 Å². The van der Waals surface area contributed by atoms with E-state index >= 15 is 0 Å². The van der Waals surface area contributed by atoms with Crippen molar-refractivity contribution in [1.82, 2.24) is 15.5 Å². The second-order valence-electron chi connectivity index (χ2n) is 6.34. The maximum atomic E-state index is 12.3. The van der Waals surface area contributed by atoms with Crippen molar-refractivity contribution in [1.29, 1.82) is 0 Å². The van der Waals surface area contributed by atoms with Gasteiger partial charge < -0.3 is 19.6 Å². The van der Waals surface area contributed by atoms with Crippen molar-refractivity contribution >= 4 is 23.5 Å². The zero-order valence-corrected chi connectivity index (χ0v) is 14.5. The van der Waals surface area contributed by atoms with Crippen LogP contribution in [-0.4, -0.2) is 42.6 Å². The molecule has 8 heteroatoms. The molecular formula is C17H21N5O3. The minimum Gasteiger partial charge on any atom is -0.347 e. The molecule has 1 saturated heterocycles. The Morgan fingerprint density at radius 1 is 1.36 bits per heavy atom. The molecular weight excluding hydrogens is 322 g/mol. The average molecular weight is 343 g/mol. The van der Waals surface area contributed by atoms with Crippen LogP contribution in [-0.2, 0) is 16.1 Å². The molecule has 8 nitrogen and oxygen atoms in total. The van der Waals surface area contributed by atoms with Gasteiger partial charge in [-0.25, -0.2) is 0 Å². The number of anilines is 2. The monoisotopic (exact) mass is 343 g/mol. The predicted octanol–water partition coefficient (Wildman–Crippen LogP) is 1.11. The van der Waals surface area contributed by atoms with Crippen LogP contribution in [0.3, 0.4) is 0 Å². The Labute approximate surface area is 145 Å². The standard InChI is InChI=1S/C17H21N5O3/c1-11-4-6-13(7-5-11)22-10-12(8-15(22)23)16(24)18-9-14-19-17(20-25-14)21(2)3/h4-7,12H,8-10H2,1-3H3,(H,18,24)/t12-/m0/s1. The number of aromatic nitrogens is 2. The smallest absolute Gasteiger partial charge is 0.265 e. The van der Waals surface area contributed by atoms with Crippen molar-refractivity contribution in [3.63, 3.8) is 0 Å². The van der Waals surface area contributed by atoms with Crippen LogP contribution >= 0.6 is 0 Å². The van der Waals surface area contributed by atoms with Crippen LogP contribution in [0.15, 0.2) is 28.8 Å². The second-order valence-corrected chi connectivity index (χ2v) is 6.34. The maximum absolute atomic E-state index is 12.3. The van der Waals surface area contributed by atoms with Crippen LogP contribution < -0.4 is 15.1 Å². The third-order valence-electron chi connectivity index (χ3n) is 4.11.